The van der Waals surface area contributed by atoms with Gasteiger partial charge in [0.2, 0.25) is 0 Å². The smallest absolute Gasteiger partial charge is 0.134 e. The van der Waals surface area contributed by atoms with Crippen molar-refractivity contribution in [2.24, 2.45) is 5.73 Å². The van der Waals surface area contributed by atoms with Crippen molar-refractivity contribution in [2.45, 2.75) is 6.54 Å². The van der Waals surface area contributed by atoms with Crippen molar-refractivity contribution in [1.82, 2.24) is 0 Å². The van der Waals surface area contributed by atoms with Crippen LogP contribution in [0.1, 0.15) is 5.56 Å². The number of halogens is 1. The SMILES string of the molecule is COc1cc(OC)c(-c2cc(CN)ccc2F)c(OC)c1. The Morgan fingerprint density at radius 1 is 0.952 bits per heavy atom. The highest BCUT2D eigenvalue weighted by Crippen LogP contribution is 2.42. The van der Waals surface area contributed by atoms with Gasteiger partial charge in [-0.15, -0.1) is 0 Å². The summed E-state index contributed by atoms with van der Waals surface area (Å²) < 4.78 is 30.1. The molecule has 0 bridgehead atoms. The van der Waals surface area contributed by atoms with Gasteiger partial charge in [-0.1, -0.05) is 6.07 Å². The topological polar surface area (TPSA) is 53.7 Å². The van der Waals surface area contributed by atoms with Crippen molar-refractivity contribution in [1.29, 1.82) is 0 Å². The van der Waals surface area contributed by atoms with Crippen molar-refractivity contribution < 1.29 is 18.6 Å². The molecule has 2 rings (SSSR count). The molecule has 5 heteroatoms. The second-order valence-corrected chi connectivity index (χ2v) is 4.43. The number of ether oxygens (including phenoxy) is 3. The van der Waals surface area contributed by atoms with Gasteiger partial charge >= 0.3 is 0 Å². The molecule has 0 heterocycles. The van der Waals surface area contributed by atoms with Crippen molar-refractivity contribution in [3.05, 3.63) is 41.7 Å². The third-order valence-electron chi connectivity index (χ3n) is 3.25. The first-order valence-electron chi connectivity index (χ1n) is 6.43. The molecule has 2 aromatic carbocycles. The molecule has 0 aromatic heterocycles. The highest BCUT2D eigenvalue weighted by Gasteiger charge is 2.18. The fourth-order valence-electron chi connectivity index (χ4n) is 2.16. The Morgan fingerprint density at radius 2 is 1.57 bits per heavy atom. The van der Waals surface area contributed by atoms with Crippen LogP contribution in [0.2, 0.25) is 0 Å². The molecule has 0 radical (unpaired) electrons. The molecule has 2 aromatic rings. The Morgan fingerprint density at radius 3 is 2.05 bits per heavy atom. The van der Waals surface area contributed by atoms with Gasteiger partial charge in [0.25, 0.3) is 0 Å². The minimum absolute atomic E-state index is 0.327. The lowest BCUT2D eigenvalue weighted by molar-refractivity contribution is 0.377. The number of rotatable bonds is 5. The molecule has 0 aliphatic carbocycles. The van der Waals surface area contributed by atoms with Gasteiger partial charge in [0.1, 0.15) is 23.1 Å². The van der Waals surface area contributed by atoms with Crippen molar-refractivity contribution in [3.63, 3.8) is 0 Å². The van der Waals surface area contributed by atoms with Crippen LogP contribution in [0.4, 0.5) is 4.39 Å². The van der Waals surface area contributed by atoms with Gasteiger partial charge in [0.05, 0.1) is 26.9 Å². The van der Waals surface area contributed by atoms with Crippen LogP contribution in [0.5, 0.6) is 17.2 Å². The van der Waals surface area contributed by atoms with E-state index in [0.717, 1.165) is 5.56 Å². The highest BCUT2D eigenvalue weighted by molar-refractivity contribution is 5.79. The van der Waals surface area contributed by atoms with Crippen LogP contribution in [-0.4, -0.2) is 21.3 Å². The number of benzene rings is 2. The molecule has 0 amide bonds. The Kier molecular flexibility index (Phi) is 4.65. The Labute approximate surface area is 123 Å². The van der Waals surface area contributed by atoms with Gasteiger partial charge in [0.15, 0.2) is 0 Å². The Hall–Kier alpha value is -2.27. The highest BCUT2D eigenvalue weighted by atomic mass is 19.1. The zero-order valence-corrected chi connectivity index (χ0v) is 12.3. The van der Waals surface area contributed by atoms with Crippen molar-refractivity contribution in [3.8, 4) is 28.4 Å². The Bertz CT molecular complexity index is 618. The van der Waals surface area contributed by atoms with Gasteiger partial charge in [0, 0.05) is 24.2 Å². The van der Waals surface area contributed by atoms with Gasteiger partial charge in [-0.05, 0) is 17.7 Å². The lowest BCUT2D eigenvalue weighted by atomic mass is 10.00. The normalized spacial score (nSPS) is 10.3. The maximum atomic E-state index is 14.2. The van der Waals surface area contributed by atoms with Gasteiger partial charge in [-0.2, -0.15) is 0 Å². The predicted molar refractivity (Wildman–Crippen MR) is 79.4 cm³/mol. The summed E-state index contributed by atoms with van der Waals surface area (Å²) in [4.78, 5) is 0. The van der Waals surface area contributed by atoms with Crippen LogP contribution in [-0.2, 0) is 6.54 Å². The summed E-state index contributed by atoms with van der Waals surface area (Å²) in [5, 5.41) is 0. The van der Waals surface area contributed by atoms with Crippen LogP contribution < -0.4 is 19.9 Å². The van der Waals surface area contributed by atoms with Crippen LogP contribution in [0, 0.1) is 5.82 Å². The summed E-state index contributed by atoms with van der Waals surface area (Å²) in [6, 6.07) is 8.11. The maximum Gasteiger partial charge on any atom is 0.134 e. The van der Waals surface area contributed by atoms with E-state index in [9.17, 15) is 4.39 Å². The predicted octanol–water partition coefficient (Wildman–Crippen LogP) is 2.98. The van der Waals surface area contributed by atoms with E-state index in [1.54, 1.807) is 31.4 Å². The third-order valence-corrected chi connectivity index (χ3v) is 3.25. The second kappa shape index (κ2) is 6.45. The number of nitrogens with two attached hydrogens (primary N) is 1. The molecule has 0 saturated carbocycles. The van der Waals surface area contributed by atoms with Crippen LogP contribution in [0.3, 0.4) is 0 Å². The van der Waals surface area contributed by atoms with Crippen molar-refractivity contribution in [2.75, 3.05) is 21.3 Å². The number of hydrogen-bond acceptors (Lipinski definition) is 4. The number of hydrogen-bond donors (Lipinski definition) is 1. The summed E-state index contributed by atoms with van der Waals surface area (Å²) in [5.74, 6) is 1.15. The first-order valence-corrected chi connectivity index (χ1v) is 6.43. The van der Waals surface area contributed by atoms with Gasteiger partial charge < -0.3 is 19.9 Å². The van der Waals surface area contributed by atoms with Crippen LogP contribution in [0.15, 0.2) is 30.3 Å². The molecule has 0 aliphatic rings. The molecule has 0 unspecified atom stereocenters. The standard InChI is InChI=1S/C16H18FNO3/c1-19-11-7-14(20-2)16(15(8-11)21-3)12-6-10(9-18)4-5-13(12)17/h4-8H,9,18H2,1-3H3. The molecule has 0 aliphatic heterocycles. The average Bonchev–Trinajstić information content (AvgIpc) is 2.54. The molecule has 4 nitrogen and oxygen atoms in total. The summed E-state index contributed by atoms with van der Waals surface area (Å²) in [6.45, 7) is 0.327. The molecule has 0 saturated heterocycles. The van der Waals surface area contributed by atoms with E-state index in [1.807, 2.05) is 0 Å². The quantitative estimate of drug-likeness (QED) is 0.920. The van der Waals surface area contributed by atoms with Crippen molar-refractivity contribution >= 4 is 0 Å². The first kappa shape index (κ1) is 15.1. The third kappa shape index (κ3) is 2.92. The van der Waals surface area contributed by atoms with E-state index in [1.165, 1.54) is 20.3 Å². The maximum absolute atomic E-state index is 14.2. The molecular formula is C16H18FNO3. The van der Waals surface area contributed by atoms with E-state index < -0.39 is 0 Å². The van der Waals surface area contributed by atoms with Crippen LogP contribution in [0.25, 0.3) is 11.1 Å². The summed E-state index contributed by atoms with van der Waals surface area (Å²) in [5.41, 5.74) is 7.37. The lowest BCUT2D eigenvalue weighted by Gasteiger charge is -2.16. The van der Waals surface area contributed by atoms with E-state index >= 15 is 0 Å². The van der Waals surface area contributed by atoms with Gasteiger partial charge in [-0.3, -0.25) is 0 Å². The summed E-state index contributed by atoms with van der Waals surface area (Å²) in [7, 11) is 4.58. The van der Waals surface area contributed by atoms with E-state index in [-0.39, 0.29) is 5.82 Å². The fourth-order valence-corrected chi connectivity index (χ4v) is 2.16. The Balaban J connectivity index is 2.72. The molecular weight excluding hydrogens is 273 g/mol. The molecule has 0 fully saturated rings. The first-order chi connectivity index (χ1) is 10.1. The number of methoxy groups -OCH3 is 3. The lowest BCUT2D eigenvalue weighted by Crippen LogP contribution is -2.00. The van der Waals surface area contributed by atoms with E-state index in [0.29, 0.717) is 34.9 Å². The zero-order chi connectivity index (χ0) is 15.4. The van der Waals surface area contributed by atoms with Crippen LogP contribution >= 0.6 is 0 Å². The van der Waals surface area contributed by atoms with E-state index in [4.69, 9.17) is 19.9 Å². The summed E-state index contributed by atoms with van der Waals surface area (Å²) in [6.07, 6.45) is 0. The van der Waals surface area contributed by atoms with E-state index in [2.05, 4.69) is 0 Å². The monoisotopic (exact) mass is 291 g/mol. The molecule has 21 heavy (non-hydrogen) atoms. The molecule has 112 valence electrons. The van der Waals surface area contributed by atoms with Gasteiger partial charge in [-0.25, -0.2) is 4.39 Å². The molecule has 0 atom stereocenters. The largest absolute Gasteiger partial charge is 0.496 e. The fraction of sp³-hybridized carbons (Fsp3) is 0.250. The molecule has 0 spiro atoms. The molecule has 2 N–H and O–H groups in total. The minimum atomic E-state index is -0.367. The average molecular weight is 291 g/mol. The second-order valence-electron chi connectivity index (χ2n) is 4.43. The summed E-state index contributed by atoms with van der Waals surface area (Å²) >= 11 is 0. The minimum Gasteiger partial charge on any atom is -0.496 e. The zero-order valence-electron chi connectivity index (χ0n) is 12.3.